The first-order valence-electron chi connectivity index (χ1n) is 12.6. The van der Waals surface area contributed by atoms with Crippen molar-refractivity contribution in [2.45, 2.75) is 53.7 Å². The summed E-state index contributed by atoms with van der Waals surface area (Å²) in [7, 11) is 0. The second-order valence-electron chi connectivity index (χ2n) is 8.93. The molecule has 0 saturated heterocycles. The highest BCUT2D eigenvalue weighted by Gasteiger charge is 2.33. The Morgan fingerprint density at radius 1 is 0.636 bits per heavy atom. The van der Waals surface area contributed by atoms with Crippen molar-refractivity contribution in [3.8, 4) is 0 Å². The molecule has 0 aromatic heterocycles. The molecule has 1 unspecified atom stereocenters. The molecule has 0 spiro atoms. The van der Waals surface area contributed by atoms with Crippen molar-refractivity contribution in [2.75, 3.05) is 31.3 Å². The second kappa shape index (κ2) is 18.4. The molecule has 0 bridgehead atoms. The van der Waals surface area contributed by atoms with Crippen LogP contribution in [0.15, 0.2) is 0 Å². The van der Waals surface area contributed by atoms with E-state index in [1.54, 1.807) is 67.8 Å². The Bertz CT molecular complexity index is 1320. The van der Waals surface area contributed by atoms with Gasteiger partial charge in [0.15, 0.2) is 6.10 Å². The van der Waals surface area contributed by atoms with E-state index in [0.29, 0.717) is 0 Å². The summed E-state index contributed by atoms with van der Waals surface area (Å²) in [5.41, 5.74) is -0.230. The van der Waals surface area contributed by atoms with Crippen molar-refractivity contribution in [3.63, 3.8) is 0 Å². The fraction of sp³-hybridized carbons (Fsp3) is 0.462. The molecule has 2 N–H and O–H groups in total. The van der Waals surface area contributed by atoms with E-state index in [9.17, 15) is 38.4 Å². The average Bonchev–Trinajstić information content (AvgIpc) is 2.88. The van der Waals surface area contributed by atoms with E-state index in [2.05, 4.69) is 10.6 Å². The van der Waals surface area contributed by atoms with Crippen molar-refractivity contribution < 1.29 is 57.3 Å². The van der Waals surface area contributed by atoms with Gasteiger partial charge < -0.3 is 29.6 Å². The van der Waals surface area contributed by atoms with Gasteiger partial charge in [0.2, 0.25) is 11.8 Å². The van der Waals surface area contributed by atoms with Crippen LogP contribution in [-0.4, -0.2) is 86.0 Å². The largest absolute Gasteiger partial charge is 0.464 e. The molecule has 4 amide bonds. The van der Waals surface area contributed by atoms with E-state index < -0.39 is 59.7 Å². The van der Waals surface area contributed by atoms with Crippen LogP contribution in [-0.2, 0) is 47.7 Å². The maximum atomic E-state index is 13.7. The number of halogens is 3. The van der Waals surface area contributed by atoms with Gasteiger partial charge in [-0.05, 0) is 67.8 Å². The Labute approximate surface area is 293 Å². The van der Waals surface area contributed by atoms with Crippen LogP contribution in [0.5, 0.6) is 0 Å². The topological polar surface area (TPSA) is 201 Å². The van der Waals surface area contributed by atoms with Gasteiger partial charge in [-0.1, -0.05) is 0 Å². The van der Waals surface area contributed by atoms with E-state index >= 15 is 0 Å². The van der Waals surface area contributed by atoms with E-state index in [4.69, 9.17) is 18.9 Å². The molecular formula is C26H30I3N3O12. The predicted molar refractivity (Wildman–Crippen MR) is 177 cm³/mol. The molecule has 0 aliphatic rings. The van der Waals surface area contributed by atoms with Gasteiger partial charge in [0.25, 0.3) is 11.8 Å². The molecule has 44 heavy (non-hydrogen) atoms. The molecule has 0 heterocycles. The van der Waals surface area contributed by atoms with Gasteiger partial charge in [-0.3, -0.25) is 38.4 Å². The number of anilines is 1. The summed E-state index contributed by atoms with van der Waals surface area (Å²) >= 11 is 5.32. The molecule has 0 aliphatic carbocycles. The van der Waals surface area contributed by atoms with Gasteiger partial charge in [0, 0.05) is 45.1 Å². The number of rotatable bonds is 13. The van der Waals surface area contributed by atoms with Gasteiger partial charge in [0.1, 0.15) is 19.8 Å². The van der Waals surface area contributed by atoms with Crippen LogP contribution in [0, 0.1) is 10.7 Å². The van der Waals surface area contributed by atoms with Crippen molar-refractivity contribution in [1.82, 2.24) is 10.6 Å². The monoisotopic (exact) mass is 957 g/mol. The Kier molecular flexibility index (Phi) is 16.4. The van der Waals surface area contributed by atoms with E-state index in [0.717, 1.165) is 46.4 Å². The zero-order valence-corrected chi connectivity index (χ0v) is 30.9. The molecule has 1 atom stereocenters. The van der Waals surface area contributed by atoms with Crippen LogP contribution >= 0.6 is 67.8 Å². The van der Waals surface area contributed by atoms with E-state index in [1.165, 1.54) is 0 Å². The number of benzene rings is 1. The number of nitrogens with zero attached hydrogens (tertiary/aromatic N) is 1. The highest BCUT2D eigenvalue weighted by molar-refractivity contribution is 14.1. The van der Waals surface area contributed by atoms with Gasteiger partial charge in [-0.25, -0.2) is 4.90 Å². The minimum Gasteiger partial charge on any atom is -0.464 e. The van der Waals surface area contributed by atoms with Crippen LogP contribution in [0.3, 0.4) is 0 Å². The standard InChI is InChI=1S/C26H30I3N3O12/c1-11(33)32(12(2)34)24-22(28)19(25(39)30-7-18(44-16(6)38)10-43-15(5)37)21(27)20(23(24)29)26(40)31-17(8-41-13(3)35)9-42-14(4)36/h17-18H,7-10H2,1-6H3,(H,30,39)(H,31,40). The smallest absolute Gasteiger partial charge is 0.303 e. The summed E-state index contributed by atoms with van der Waals surface area (Å²) in [4.78, 5) is 98.8. The Hall–Kier alpha value is -2.63. The number of hydrogen-bond donors (Lipinski definition) is 2. The Balaban J connectivity index is 3.72. The molecule has 15 nitrogen and oxygen atoms in total. The number of carbonyl (C=O) groups is 8. The van der Waals surface area contributed by atoms with Crippen LogP contribution < -0.4 is 15.5 Å². The Morgan fingerprint density at radius 3 is 1.48 bits per heavy atom. The fourth-order valence-corrected chi connectivity index (χ4v) is 8.11. The number of esters is 4. The Morgan fingerprint density at radius 2 is 1.07 bits per heavy atom. The predicted octanol–water partition coefficient (Wildman–Crippen LogP) is 1.85. The van der Waals surface area contributed by atoms with Crippen molar-refractivity contribution in [3.05, 3.63) is 21.8 Å². The van der Waals surface area contributed by atoms with Crippen LogP contribution in [0.2, 0.25) is 0 Å². The zero-order valence-electron chi connectivity index (χ0n) is 24.5. The number of amides is 4. The second-order valence-corrected chi connectivity index (χ2v) is 12.2. The quantitative estimate of drug-likeness (QED) is 0.166. The maximum Gasteiger partial charge on any atom is 0.303 e. The molecule has 242 valence electrons. The third kappa shape index (κ3) is 12.0. The molecule has 0 aliphatic heterocycles. The minimum absolute atomic E-state index is 0.0325. The maximum absolute atomic E-state index is 13.7. The van der Waals surface area contributed by atoms with Crippen LogP contribution in [0.1, 0.15) is 62.3 Å². The third-order valence-electron chi connectivity index (χ3n) is 5.21. The van der Waals surface area contributed by atoms with Gasteiger partial charge >= 0.3 is 23.9 Å². The molecule has 1 aromatic carbocycles. The normalized spacial score (nSPS) is 11.1. The number of nitrogens with one attached hydrogen (secondary N) is 2. The van der Waals surface area contributed by atoms with E-state index in [-0.39, 0.29) is 53.9 Å². The number of imide groups is 1. The van der Waals surface area contributed by atoms with Crippen molar-refractivity contribution in [2.24, 2.45) is 0 Å². The van der Waals surface area contributed by atoms with Crippen LogP contribution in [0.25, 0.3) is 0 Å². The lowest BCUT2D eigenvalue weighted by atomic mass is 10.1. The molecule has 18 heteroatoms. The summed E-state index contributed by atoms with van der Waals surface area (Å²) in [5.74, 6) is -5.56. The highest BCUT2D eigenvalue weighted by Crippen LogP contribution is 2.38. The highest BCUT2D eigenvalue weighted by atomic mass is 127. The van der Waals surface area contributed by atoms with Crippen molar-refractivity contribution in [1.29, 1.82) is 0 Å². The van der Waals surface area contributed by atoms with E-state index in [1.807, 2.05) is 0 Å². The van der Waals surface area contributed by atoms with Gasteiger partial charge in [-0.15, -0.1) is 0 Å². The molecule has 0 radical (unpaired) electrons. The first-order valence-corrected chi connectivity index (χ1v) is 15.8. The lowest BCUT2D eigenvalue weighted by molar-refractivity contribution is -0.155. The molecule has 1 aromatic rings. The fourth-order valence-electron chi connectivity index (χ4n) is 3.48. The first-order chi connectivity index (χ1) is 20.4. The summed E-state index contributed by atoms with van der Waals surface area (Å²) in [5, 5.41) is 5.18. The first kappa shape index (κ1) is 39.4. The minimum atomic E-state index is -1.05. The SMILES string of the molecule is CC(=O)OCC(COC(C)=O)NC(=O)c1c(I)c(C(=O)NCC(COC(C)=O)OC(C)=O)c(I)c(N(C(C)=O)C(C)=O)c1I. The lowest BCUT2D eigenvalue weighted by Crippen LogP contribution is -2.44. The molecule has 1 rings (SSSR count). The molecule has 0 saturated carbocycles. The number of ether oxygens (including phenoxy) is 4. The molecule has 0 fully saturated rings. The van der Waals surface area contributed by atoms with Gasteiger partial charge in [-0.2, -0.15) is 0 Å². The number of carbonyl (C=O) groups excluding carboxylic acids is 8. The zero-order chi connectivity index (χ0) is 33.9. The van der Waals surface area contributed by atoms with Crippen LogP contribution in [0.4, 0.5) is 5.69 Å². The average molecular weight is 957 g/mol. The lowest BCUT2D eigenvalue weighted by Gasteiger charge is -2.26. The van der Waals surface area contributed by atoms with Gasteiger partial charge in [0.05, 0.1) is 36.5 Å². The summed E-state index contributed by atoms with van der Waals surface area (Å²) in [6.45, 7) is 5.55. The van der Waals surface area contributed by atoms with Crippen molar-refractivity contribution >= 4 is 121 Å². The number of hydrogen-bond acceptors (Lipinski definition) is 12. The summed E-state index contributed by atoms with van der Waals surface area (Å²) in [6.07, 6.45) is -1.05. The summed E-state index contributed by atoms with van der Waals surface area (Å²) in [6, 6.07) is -0.996. The molecular weight excluding hydrogens is 927 g/mol. The third-order valence-corrected chi connectivity index (χ3v) is 8.39. The summed E-state index contributed by atoms with van der Waals surface area (Å²) < 4.78 is 20.4.